The van der Waals surface area contributed by atoms with Gasteiger partial charge >= 0.3 is 0 Å². The highest BCUT2D eigenvalue weighted by Crippen LogP contribution is 2.29. The van der Waals surface area contributed by atoms with Crippen molar-refractivity contribution in [2.75, 3.05) is 6.54 Å². The standard InChI is InChI=1S/C16H18BrFN2O/c1-3-8-19-10-12-4-7-16(20-11(12)2)21-15-9-13(18)5-6-14(15)17/h4-7,9,19H,3,8,10H2,1-2H3. The average molecular weight is 353 g/mol. The third kappa shape index (κ3) is 4.51. The second-order valence-corrected chi connectivity index (χ2v) is 5.60. The summed E-state index contributed by atoms with van der Waals surface area (Å²) in [5.74, 6) is 0.530. The minimum Gasteiger partial charge on any atom is -0.438 e. The Morgan fingerprint density at radius 1 is 1.29 bits per heavy atom. The van der Waals surface area contributed by atoms with Crippen LogP contribution in [0.1, 0.15) is 24.6 Å². The molecule has 0 radical (unpaired) electrons. The van der Waals surface area contributed by atoms with Crippen molar-refractivity contribution >= 4 is 15.9 Å². The van der Waals surface area contributed by atoms with Crippen LogP contribution < -0.4 is 10.1 Å². The van der Waals surface area contributed by atoms with Crippen molar-refractivity contribution in [3.8, 4) is 11.6 Å². The molecule has 0 fully saturated rings. The minimum absolute atomic E-state index is 0.342. The maximum Gasteiger partial charge on any atom is 0.219 e. The van der Waals surface area contributed by atoms with E-state index in [9.17, 15) is 4.39 Å². The molecule has 0 amide bonds. The summed E-state index contributed by atoms with van der Waals surface area (Å²) in [4.78, 5) is 4.41. The number of aryl methyl sites for hydroxylation is 1. The quantitative estimate of drug-likeness (QED) is 0.772. The van der Waals surface area contributed by atoms with Gasteiger partial charge in [-0.05, 0) is 53.5 Å². The maximum absolute atomic E-state index is 13.2. The van der Waals surface area contributed by atoms with Gasteiger partial charge in [-0.15, -0.1) is 0 Å². The van der Waals surface area contributed by atoms with Gasteiger partial charge in [-0.2, -0.15) is 0 Å². The molecule has 3 nitrogen and oxygen atoms in total. The first-order valence-corrected chi connectivity index (χ1v) is 7.69. The van der Waals surface area contributed by atoms with Crippen molar-refractivity contribution in [2.24, 2.45) is 0 Å². The fourth-order valence-corrected chi connectivity index (χ4v) is 2.21. The molecule has 5 heteroatoms. The average Bonchev–Trinajstić information content (AvgIpc) is 2.45. The second kappa shape index (κ2) is 7.52. The number of nitrogens with zero attached hydrogens (tertiary/aromatic N) is 1. The van der Waals surface area contributed by atoms with Crippen molar-refractivity contribution in [1.29, 1.82) is 0 Å². The van der Waals surface area contributed by atoms with Crippen LogP contribution in [-0.4, -0.2) is 11.5 Å². The van der Waals surface area contributed by atoms with Crippen LogP contribution in [0.2, 0.25) is 0 Å². The molecule has 0 aliphatic rings. The Morgan fingerprint density at radius 3 is 2.81 bits per heavy atom. The highest BCUT2D eigenvalue weighted by atomic mass is 79.9. The number of aromatic nitrogens is 1. The first kappa shape index (κ1) is 15.9. The van der Waals surface area contributed by atoms with E-state index in [1.807, 2.05) is 13.0 Å². The number of ether oxygens (including phenoxy) is 1. The van der Waals surface area contributed by atoms with Crippen LogP contribution in [0, 0.1) is 12.7 Å². The van der Waals surface area contributed by atoms with Gasteiger partial charge in [-0.25, -0.2) is 9.37 Å². The van der Waals surface area contributed by atoms with Crippen LogP contribution in [0.4, 0.5) is 4.39 Å². The predicted octanol–water partition coefficient (Wildman–Crippen LogP) is 4.58. The van der Waals surface area contributed by atoms with Gasteiger partial charge in [0.1, 0.15) is 11.6 Å². The third-order valence-electron chi connectivity index (χ3n) is 3.02. The van der Waals surface area contributed by atoms with Crippen molar-refractivity contribution in [2.45, 2.75) is 26.8 Å². The van der Waals surface area contributed by atoms with Gasteiger partial charge in [0.15, 0.2) is 0 Å². The largest absolute Gasteiger partial charge is 0.438 e. The molecule has 0 aliphatic heterocycles. The molecule has 0 unspecified atom stereocenters. The molecule has 1 N–H and O–H groups in total. The summed E-state index contributed by atoms with van der Waals surface area (Å²) >= 11 is 3.33. The zero-order chi connectivity index (χ0) is 15.2. The summed E-state index contributed by atoms with van der Waals surface area (Å²) in [7, 11) is 0. The molecule has 0 saturated heterocycles. The first-order valence-electron chi connectivity index (χ1n) is 6.90. The fourth-order valence-electron chi connectivity index (χ4n) is 1.88. The summed E-state index contributed by atoms with van der Waals surface area (Å²) in [6, 6.07) is 8.09. The predicted molar refractivity (Wildman–Crippen MR) is 85.1 cm³/mol. The number of hydrogen-bond acceptors (Lipinski definition) is 3. The van der Waals surface area contributed by atoms with Gasteiger partial charge in [0.2, 0.25) is 5.88 Å². The van der Waals surface area contributed by atoms with Crippen molar-refractivity contribution < 1.29 is 9.13 Å². The lowest BCUT2D eigenvalue weighted by Gasteiger charge is -2.10. The molecule has 112 valence electrons. The van der Waals surface area contributed by atoms with Crippen LogP contribution in [0.3, 0.4) is 0 Å². The molecule has 0 aliphatic carbocycles. The molecule has 1 heterocycles. The van der Waals surface area contributed by atoms with Gasteiger partial charge in [0.25, 0.3) is 0 Å². The lowest BCUT2D eigenvalue weighted by Crippen LogP contribution is -2.15. The first-order chi connectivity index (χ1) is 10.1. The Morgan fingerprint density at radius 2 is 2.10 bits per heavy atom. The summed E-state index contributed by atoms with van der Waals surface area (Å²) in [5, 5.41) is 3.34. The molecule has 2 rings (SSSR count). The molecule has 0 saturated carbocycles. The number of halogens is 2. The van der Waals surface area contributed by atoms with Gasteiger partial charge in [-0.1, -0.05) is 13.0 Å². The van der Waals surface area contributed by atoms with E-state index in [2.05, 4.69) is 33.2 Å². The van der Waals surface area contributed by atoms with E-state index in [4.69, 9.17) is 4.74 Å². The van der Waals surface area contributed by atoms with E-state index in [0.29, 0.717) is 16.1 Å². The number of nitrogens with one attached hydrogen (secondary N) is 1. The molecule has 0 atom stereocenters. The van der Waals surface area contributed by atoms with E-state index >= 15 is 0 Å². The fraction of sp³-hybridized carbons (Fsp3) is 0.312. The lowest BCUT2D eigenvalue weighted by atomic mass is 10.2. The smallest absolute Gasteiger partial charge is 0.219 e. The van der Waals surface area contributed by atoms with E-state index in [1.165, 1.54) is 12.1 Å². The Labute approximate surface area is 132 Å². The van der Waals surface area contributed by atoms with Crippen LogP contribution in [0.25, 0.3) is 0 Å². The summed E-state index contributed by atoms with van der Waals surface area (Å²) in [5.41, 5.74) is 2.04. The number of hydrogen-bond donors (Lipinski definition) is 1. The monoisotopic (exact) mass is 352 g/mol. The Hall–Kier alpha value is -1.46. The van der Waals surface area contributed by atoms with Gasteiger partial charge in [0.05, 0.1) is 4.47 Å². The number of benzene rings is 1. The summed E-state index contributed by atoms with van der Waals surface area (Å²) < 4.78 is 19.6. The molecule has 0 spiro atoms. The van der Waals surface area contributed by atoms with Gasteiger partial charge in [-0.3, -0.25) is 0 Å². The highest BCUT2D eigenvalue weighted by Gasteiger charge is 2.07. The molecule has 21 heavy (non-hydrogen) atoms. The molecule has 2 aromatic rings. The van der Waals surface area contributed by atoms with Crippen molar-refractivity contribution in [3.05, 3.63) is 51.9 Å². The van der Waals surface area contributed by atoms with Crippen molar-refractivity contribution in [1.82, 2.24) is 10.3 Å². The number of rotatable bonds is 6. The third-order valence-corrected chi connectivity index (χ3v) is 3.67. The summed E-state index contributed by atoms with van der Waals surface area (Å²) in [6.07, 6.45) is 1.10. The van der Waals surface area contributed by atoms with E-state index in [-0.39, 0.29) is 5.82 Å². The van der Waals surface area contributed by atoms with Crippen LogP contribution in [0.5, 0.6) is 11.6 Å². The molecule has 1 aromatic carbocycles. The van der Waals surface area contributed by atoms with Crippen LogP contribution >= 0.6 is 15.9 Å². The Balaban J connectivity index is 2.11. The summed E-state index contributed by atoms with van der Waals surface area (Å²) in [6.45, 7) is 5.84. The van der Waals surface area contributed by atoms with Gasteiger partial charge < -0.3 is 10.1 Å². The molecular weight excluding hydrogens is 335 g/mol. The van der Waals surface area contributed by atoms with Crippen molar-refractivity contribution in [3.63, 3.8) is 0 Å². The Bertz CT molecular complexity index is 619. The topological polar surface area (TPSA) is 34.1 Å². The molecule has 1 aromatic heterocycles. The molecular formula is C16H18BrFN2O. The van der Waals surface area contributed by atoms with Crippen LogP contribution in [-0.2, 0) is 6.54 Å². The Kier molecular flexibility index (Phi) is 5.70. The second-order valence-electron chi connectivity index (χ2n) is 4.75. The van der Waals surface area contributed by atoms with Gasteiger partial charge in [0, 0.05) is 24.4 Å². The van der Waals surface area contributed by atoms with E-state index in [1.54, 1.807) is 12.1 Å². The zero-order valence-electron chi connectivity index (χ0n) is 12.1. The van der Waals surface area contributed by atoms with E-state index in [0.717, 1.165) is 30.8 Å². The minimum atomic E-state index is -0.342. The normalized spacial score (nSPS) is 10.7. The number of pyridine rings is 1. The maximum atomic E-state index is 13.2. The molecule has 0 bridgehead atoms. The SMILES string of the molecule is CCCNCc1ccc(Oc2cc(F)ccc2Br)nc1C. The van der Waals surface area contributed by atoms with E-state index < -0.39 is 0 Å². The zero-order valence-corrected chi connectivity index (χ0v) is 13.7. The highest BCUT2D eigenvalue weighted by molar-refractivity contribution is 9.10. The van der Waals surface area contributed by atoms with Crippen LogP contribution in [0.15, 0.2) is 34.8 Å². The lowest BCUT2D eigenvalue weighted by molar-refractivity contribution is 0.453.